The zero-order valence-corrected chi connectivity index (χ0v) is 13.3. The summed E-state index contributed by atoms with van der Waals surface area (Å²) in [5.41, 5.74) is 1.27. The van der Waals surface area contributed by atoms with Gasteiger partial charge in [0.1, 0.15) is 11.6 Å². The summed E-state index contributed by atoms with van der Waals surface area (Å²) in [5, 5.41) is 17.6. The molecule has 4 rings (SSSR count). The zero-order chi connectivity index (χ0) is 16.4. The van der Waals surface area contributed by atoms with Gasteiger partial charge >= 0.3 is 0 Å². The summed E-state index contributed by atoms with van der Waals surface area (Å²) in [6.07, 6.45) is 1.76. The molecule has 0 aliphatic heterocycles. The summed E-state index contributed by atoms with van der Waals surface area (Å²) in [6, 6.07) is 20.1. The van der Waals surface area contributed by atoms with E-state index in [9.17, 15) is 5.26 Å². The maximum atomic E-state index is 9.45. The average molecular weight is 329 g/mol. The van der Waals surface area contributed by atoms with Crippen LogP contribution >= 0.6 is 11.3 Å². The first kappa shape index (κ1) is 14.4. The predicted octanol–water partition coefficient (Wildman–Crippen LogP) is 5.02. The highest BCUT2D eigenvalue weighted by molar-refractivity contribution is 7.13. The Labute approximate surface area is 142 Å². The second kappa shape index (κ2) is 6.11. The number of hydrogen-bond donors (Lipinski definition) is 0. The van der Waals surface area contributed by atoms with Crippen LogP contribution in [-0.2, 0) is 0 Å². The molecule has 0 unspecified atom stereocenters. The monoisotopic (exact) mass is 329 g/mol. The van der Waals surface area contributed by atoms with Crippen LogP contribution < -0.4 is 0 Å². The normalized spacial score (nSPS) is 11.5. The van der Waals surface area contributed by atoms with Crippen LogP contribution in [-0.4, -0.2) is 10.1 Å². The minimum Gasteiger partial charge on any atom is -0.333 e. The number of fused-ring (bicyclic) bond motifs is 1. The molecule has 5 heteroatoms. The molecular formula is C19H11N3OS. The third-order valence-corrected chi connectivity index (χ3v) is 4.47. The summed E-state index contributed by atoms with van der Waals surface area (Å²) in [6.45, 7) is 0. The quantitative estimate of drug-likeness (QED) is 0.495. The van der Waals surface area contributed by atoms with Crippen LogP contribution in [0.1, 0.15) is 11.5 Å². The molecule has 0 spiro atoms. The zero-order valence-electron chi connectivity index (χ0n) is 12.5. The summed E-state index contributed by atoms with van der Waals surface area (Å²) >= 11 is 1.53. The van der Waals surface area contributed by atoms with Crippen LogP contribution in [0.3, 0.4) is 0 Å². The fourth-order valence-electron chi connectivity index (χ4n) is 2.44. The molecule has 2 heterocycles. The van der Waals surface area contributed by atoms with Gasteiger partial charge in [-0.15, -0.1) is 11.3 Å². The molecule has 0 saturated carbocycles. The first-order valence-corrected chi connectivity index (χ1v) is 8.20. The van der Waals surface area contributed by atoms with Crippen molar-refractivity contribution in [3.05, 3.63) is 71.4 Å². The van der Waals surface area contributed by atoms with Crippen molar-refractivity contribution in [1.82, 2.24) is 10.1 Å². The standard InChI is InChI=1S/C19H11N3OS/c20-12-16(19-21-18(22-23-19)17-6-3-9-24-17)11-13-7-8-14-4-1-2-5-15(14)10-13/h1-11H/b16-11+. The van der Waals surface area contributed by atoms with Gasteiger partial charge in [-0.1, -0.05) is 47.6 Å². The number of aromatic nitrogens is 2. The number of thiophene rings is 1. The van der Waals surface area contributed by atoms with Crippen molar-refractivity contribution in [3.8, 4) is 16.8 Å². The largest absolute Gasteiger partial charge is 0.333 e. The number of allylic oxidation sites excluding steroid dienone is 1. The van der Waals surface area contributed by atoms with Gasteiger partial charge in [0.05, 0.1) is 4.88 Å². The van der Waals surface area contributed by atoms with E-state index in [1.807, 2.05) is 53.9 Å². The predicted molar refractivity (Wildman–Crippen MR) is 95.0 cm³/mol. The Bertz CT molecular complexity index is 1070. The van der Waals surface area contributed by atoms with Gasteiger partial charge in [0.2, 0.25) is 5.82 Å². The van der Waals surface area contributed by atoms with Gasteiger partial charge in [-0.25, -0.2) is 0 Å². The van der Waals surface area contributed by atoms with Crippen LogP contribution in [0.5, 0.6) is 0 Å². The van der Waals surface area contributed by atoms with E-state index in [0.717, 1.165) is 21.2 Å². The molecular weight excluding hydrogens is 318 g/mol. The first-order chi connectivity index (χ1) is 11.8. The van der Waals surface area contributed by atoms with Gasteiger partial charge in [-0.3, -0.25) is 0 Å². The smallest absolute Gasteiger partial charge is 0.268 e. The van der Waals surface area contributed by atoms with Gasteiger partial charge in [0.25, 0.3) is 5.89 Å². The van der Waals surface area contributed by atoms with Crippen LogP contribution in [0.15, 0.2) is 64.5 Å². The van der Waals surface area contributed by atoms with Crippen molar-refractivity contribution in [1.29, 1.82) is 5.26 Å². The number of nitriles is 1. The van der Waals surface area contributed by atoms with Crippen molar-refractivity contribution in [2.75, 3.05) is 0 Å². The molecule has 114 valence electrons. The van der Waals surface area contributed by atoms with Crippen molar-refractivity contribution in [2.24, 2.45) is 0 Å². The molecule has 0 N–H and O–H groups in total. The third-order valence-electron chi connectivity index (χ3n) is 3.60. The lowest BCUT2D eigenvalue weighted by molar-refractivity contribution is 0.409. The molecule has 0 aliphatic rings. The lowest BCUT2D eigenvalue weighted by Gasteiger charge is -1.99. The van der Waals surface area contributed by atoms with Gasteiger partial charge in [-0.2, -0.15) is 10.2 Å². The lowest BCUT2D eigenvalue weighted by Crippen LogP contribution is -1.83. The molecule has 2 aromatic heterocycles. The average Bonchev–Trinajstić information content (AvgIpc) is 3.30. The number of hydrogen-bond acceptors (Lipinski definition) is 5. The van der Waals surface area contributed by atoms with E-state index in [0.29, 0.717) is 11.4 Å². The molecule has 0 fully saturated rings. The van der Waals surface area contributed by atoms with Crippen LogP contribution in [0.4, 0.5) is 0 Å². The Morgan fingerprint density at radius 2 is 1.96 bits per heavy atom. The molecule has 4 nitrogen and oxygen atoms in total. The van der Waals surface area contributed by atoms with E-state index in [4.69, 9.17) is 4.52 Å². The van der Waals surface area contributed by atoms with Gasteiger partial charge in [0, 0.05) is 0 Å². The summed E-state index contributed by atoms with van der Waals surface area (Å²) in [7, 11) is 0. The molecule has 0 radical (unpaired) electrons. The van der Waals surface area contributed by atoms with Crippen molar-refractivity contribution in [2.45, 2.75) is 0 Å². The van der Waals surface area contributed by atoms with Crippen LogP contribution in [0.25, 0.3) is 33.1 Å². The van der Waals surface area contributed by atoms with E-state index >= 15 is 0 Å². The Kier molecular flexibility index (Phi) is 3.66. The molecule has 4 aromatic rings. The second-order valence-electron chi connectivity index (χ2n) is 5.18. The fourth-order valence-corrected chi connectivity index (χ4v) is 3.09. The number of benzene rings is 2. The maximum absolute atomic E-state index is 9.45. The third kappa shape index (κ3) is 2.71. The topological polar surface area (TPSA) is 62.7 Å². The highest BCUT2D eigenvalue weighted by Gasteiger charge is 2.13. The van der Waals surface area contributed by atoms with E-state index < -0.39 is 0 Å². The van der Waals surface area contributed by atoms with Gasteiger partial charge in [-0.05, 0) is 39.9 Å². The second-order valence-corrected chi connectivity index (χ2v) is 6.12. The van der Waals surface area contributed by atoms with Gasteiger partial charge < -0.3 is 4.52 Å². The lowest BCUT2D eigenvalue weighted by atomic mass is 10.1. The summed E-state index contributed by atoms with van der Waals surface area (Å²) in [5.74, 6) is 0.730. The molecule has 0 amide bonds. The van der Waals surface area contributed by atoms with E-state index in [1.165, 1.54) is 11.3 Å². The van der Waals surface area contributed by atoms with Gasteiger partial charge in [0.15, 0.2) is 0 Å². The fraction of sp³-hybridized carbons (Fsp3) is 0. The minimum atomic E-state index is 0.231. The van der Waals surface area contributed by atoms with Crippen LogP contribution in [0, 0.1) is 11.3 Å². The maximum Gasteiger partial charge on any atom is 0.268 e. The molecule has 24 heavy (non-hydrogen) atoms. The Morgan fingerprint density at radius 1 is 1.08 bits per heavy atom. The Morgan fingerprint density at radius 3 is 2.75 bits per heavy atom. The number of rotatable bonds is 3. The molecule has 0 atom stereocenters. The SMILES string of the molecule is N#C/C(=C\c1ccc2ccccc2c1)c1nc(-c2cccs2)no1. The van der Waals surface area contributed by atoms with Crippen LogP contribution in [0.2, 0.25) is 0 Å². The van der Waals surface area contributed by atoms with Crippen molar-refractivity contribution < 1.29 is 4.52 Å². The summed E-state index contributed by atoms with van der Waals surface area (Å²) in [4.78, 5) is 5.23. The molecule has 0 aliphatic carbocycles. The van der Waals surface area contributed by atoms with E-state index in [-0.39, 0.29) is 5.89 Å². The Hall–Kier alpha value is -3.23. The minimum absolute atomic E-state index is 0.231. The van der Waals surface area contributed by atoms with Crippen molar-refractivity contribution in [3.63, 3.8) is 0 Å². The molecule has 0 saturated heterocycles. The summed E-state index contributed by atoms with van der Waals surface area (Å²) < 4.78 is 5.26. The van der Waals surface area contributed by atoms with E-state index in [2.05, 4.69) is 22.3 Å². The first-order valence-electron chi connectivity index (χ1n) is 7.32. The van der Waals surface area contributed by atoms with E-state index in [1.54, 1.807) is 6.08 Å². The number of nitrogens with zero attached hydrogens (tertiary/aromatic N) is 3. The Balaban J connectivity index is 1.72. The molecule has 0 bridgehead atoms. The highest BCUT2D eigenvalue weighted by atomic mass is 32.1. The highest BCUT2D eigenvalue weighted by Crippen LogP contribution is 2.25. The van der Waals surface area contributed by atoms with Crippen molar-refractivity contribution >= 4 is 33.8 Å². The molecule has 2 aromatic carbocycles.